The van der Waals surface area contributed by atoms with Crippen LogP contribution in [0.5, 0.6) is 0 Å². The molecule has 0 saturated carbocycles. The van der Waals surface area contributed by atoms with Gasteiger partial charge in [0, 0.05) is 43.6 Å². The molecule has 2 heteroatoms. The summed E-state index contributed by atoms with van der Waals surface area (Å²) in [5.74, 6) is 0.896. The number of allylic oxidation sites excluding steroid dienone is 9. The Bertz CT molecular complexity index is 3270. The van der Waals surface area contributed by atoms with Crippen LogP contribution in [-0.4, -0.2) is 4.98 Å². The lowest BCUT2D eigenvalue weighted by Gasteiger charge is -2.19. The van der Waals surface area contributed by atoms with E-state index in [0.717, 1.165) is 79.4 Å². The van der Waals surface area contributed by atoms with Gasteiger partial charge in [0.1, 0.15) is 11.3 Å². The zero-order valence-corrected chi connectivity index (χ0v) is 31.6. The average Bonchev–Trinajstić information content (AvgIpc) is 3.64. The molecule has 9 aromatic rings. The van der Waals surface area contributed by atoms with Gasteiger partial charge in [-0.05, 0) is 74.7 Å². The highest BCUT2D eigenvalue weighted by molar-refractivity contribution is 6.26. The van der Waals surface area contributed by atoms with E-state index in [0.29, 0.717) is 0 Å². The molecule has 2 heterocycles. The molecule has 0 atom stereocenters. The highest BCUT2D eigenvalue weighted by Gasteiger charge is 2.24. The molecule has 0 saturated heterocycles. The van der Waals surface area contributed by atoms with Crippen molar-refractivity contribution in [3.8, 4) is 11.3 Å². The summed E-state index contributed by atoms with van der Waals surface area (Å²) in [6.45, 7) is 8.13. The van der Waals surface area contributed by atoms with Gasteiger partial charge in [-0.2, -0.15) is 0 Å². The molecule has 0 spiro atoms. The van der Waals surface area contributed by atoms with Crippen molar-refractivity contribution in [3.05, 3.63) is 217 Å². The molecule has 1 aliphatic rings. The number of hydrogen-bond donors (Lipinski definition) is 0. The second-order valence-electron chi connectivity index (χ2n) is 14.6. The van der Waals surface area contributed by atoms with Gasteiger partial charge in [-0.3, -0.25) is 0 Å². The number of furan rings is 1. The number of benzene rings is 7. The second-order valence-corrected chi connectivity index (χ2v) is 14.6. The summed E-state index contributed by atoms with van der Waals surface area (Å²) in [5.41, 5.74) is 9.27. The first-order chi connectivity index (χ1) is 28.2. The van der Waals surface area contributed by atoms with Gasteiger partial charge in [0.2, 0.25) is 0 Å². The fourth-order valence-corrected chi connectivity index (χ4v) is 8.68. The van der Waals surface area contributed by atoms with Gasteiger partial charge < -0.3 is 4.42 Å². The standard InChI is InChI=1S/C55H39NO/c1-3-5-18-39-35-49(54-46-31-28-36-20-12-15-23-41(36)51(46)45-32-29-38-22-14-17-25-43(38)53(45)56-54)40(19-6-4-2)34-48(39)44-26-10-8-7-9-11-27-47-52-42-24-16-13-21-37(42)30-33-50(52)57-55(44)47/h3-9,11-26,28-35H,1-2,10,27H2/b8-7-,11-9-,18-5-,19-6-,44-26-. The molecule has 2 aromatic heterocycles. The Hall–Kier alpha value is -7.29. The normalized spacial score (nSPS) is 15.5. The third-order valence-electron chi connectivity index (χ3n) is 11.3. The maximum atomic E-state index is 6.96. The topological polar surface area (TPSA) is 26.0 Å². The van der Waals surface area contributed by atoms with Gasteiger partial charge in [0.25, 0.3) is 0 Å². The maximum Gasteiger partial charge on any atom is 0.139 e. The van der Waals surface area contributed by atoms with Crippen molar-refractivity contribution in [2.75, 3.05) is 0 Å². The van der Waals surface area contributed by atoms with E-state index < -0.39 is 0 Å². The molecule has 57 heavy (non-hydrogen) atoms. The van der Waals surface area contributed by atoms with Crippen LogP contribution in [0.4, 0.5) is 0 Å². The van der Waals surface area contributed by atoms with E-state index in [1.54, 1.807) is 0 Å². The van der Waals surface area contributed by atoms with Gasteiger partial charge in [-0.25, -0.2) is 4.98 Å². The molecule has 0 fully saturated rings. The third kappa shape index (κ3) is 5.86. The Balaban J connectivity index is 1.30. The first-order valence-electron chi connectivity index (χ1n) is 19.6. The van der Waals surface area contributed by atoms with Gasteiger partial charge >= 0.3 is 0 Å². The van der Waals surface area contributed by atoms with Crippen molar-refractivity contribution in [2.45, 2.75) is 12.8 Å². The molecule has 0 N–H and O–H groups in total. The predicted octanol–water partition coefficient (Wildman–Crippen LogP) is 15.1. The van der Waals surface area contributed by atoms with Gasteiger partial charge in [-0.1, -0.05) is 183 Å². The number of pyridine rings is 1. The van der Waals surface area contributed by atoms with Crippen molar-refractivity contribution < 1.29 is 4.42 Å². The summed E-state index contributed by atoms with van der Waals surface area (Å²) < 4.78 is 6.96. The van der Waals surface area contributed by atoms with Crippen LogP contribution in [0.15, 0.2) is 194 Å². The fraction of sp³-hybridized carbons (Fsp3) is 0.0364. The molecule has 1 aliphatic carbocycles. The number of aromatic nitrogens is 1. The summed E-state index contributed by atoms with van der Waals surface area (Å²) in [5, 5.41) is 11.8. The van der Waals surface area contributed by atoms with Crippen molar-refractivity contribution in [1.82, 2.24) is 4.98 Å². The minimum Gasteiger partial charge on any atom is -0.456 e. The quantitative estimate of drug-likeness (QED) is 0.126. The molecule has 10 rings (SSSR count). The minimum atomic E-state index is 0.742. The Labute approximate surface area is 332 Å². The van der Waals surface area contributed by atoms with Crippen LogP contribution in [0.1, 0.15) is 34.4 Å². The molecule has 0 aliphatic heterocycles. The zero-order chi connectivity index (χ0) is 38.3. The maximum absolute atomic E-state index is 6.96. The highest BCUT2D eigenvalue weighted by Crippen LogP contribution is 2.44. The van der Waals surface area contributed by atoms with Crippen LogP contribution in [-0.2, 0) is 6.42 Å². The Kier molecular flexibility index (Phi) is 8.65. The van der Waals surface area contributed by atoms with Crippen LogP contribution in [0, 0.1) is 0 Å². The molecule has 0 bridgehead atoms. The van der Waals surface area contributed by atoms with Gasteiger partial charge in [0.15, 0.2) is 0 Å². The number of rotatable bonds is 6. The summed E-state index contributed by atoms with van der Waals surface area (Å²) in [6, 6.07) is 43.7. The number of hydrogen-bond acceptors (Lipinski definition) is 2. The largest absolute Gasteiger partial charge is 0.456 e. The molecule has 2 nitrogen and oxygen atoms in total. The molecule has 270 valence electrons. The van der Waals surface area contributed by atoms with Crippen LogP contribution >= 0.6 is 0 Å². The Morgan fingerprint density at radius 2 is 1.16 bits per heavy atom. The zero-order valence-electron chi connectivity index (χ0n) is 31.6. The van der Waals surface area contributed by atoms with E-state index in [1.165, 1.54) is 43.3 Å². The molecular formula is C55H39NO. The highest BCUT2D eigenvalue weighted by atomic mass is 16.3. The van der Waals surface area contributed by atoms with E-state index in [9.17, 15) is 0 Å². The lowest BCUT2D eigenvalue weighted by Crippen LogP contribution is -1.99. The summed E-state index contributed by atoms with van der Waals surface area (Å²) >= 11 is 0. The number of nitrogens with zero attached hydrogens (tertiary/aromatic N) is 1. The smallest absolute Gasteiger partial charge is 0.139 e. The van der Waals surface area contributed by atoms with E-state index >= 15 is 0 Å². The summed E-state index contributed by atoms with van der Waals surface area (Å²) in [7, 11) is 0. The predicted molar refractivity (Wildman–Crippen MR) is 246 cm³/mol. The van der Waals surface area contributed by atoms with Gasteiger partial charge in [0.05, 0.1) is 11.2 Å². The van der Waals surface area contributed by atoms with Crippen molar-refractivity contribution in [2.24, 2.45) is 0 Å². The lowest BCUT2D eigenvalue weighted by atomic mass is 9.86. The van der Waals surface area contributed by atoms with Crippen LogP contribution in [0.3, 0.4) is 0 Å². The van der Waals surface area contributed by atoms with E-state index in [2.05, 4.69) is 177 Å². The van der Waals surface area contributed by atoms with E-state index in [1.807, 2.05) is 24.3 Å². The third-order valence-corrected chi connectivity index (χ3v) is 11.3. The van der Waals surface area contributed by atoms with E-state index in [-0.39, 0.29) is 0 Å². The second kappa shape index (κ2) is 14.4. The van der Waals surface area contributed by atoms with Crippen LogP contribution in [0.25, 0.3) is 93.9 Å². The van der Waals surface area contributed by atoms with Crippen LogP contribution in [0.2, 0.25) is 0 Å². The lowest BCUT2D eigenvalue weighted by molar-refractivity contribution is 0.596. The van der Waals surface area contributed by atoms with Crippen molar-refractivity contribution in [1.29, 1.82) is 0 Å². The molecule has 7 aromatic carbocycles. The van der Waals surface area contributed by atoms with Crippen molar-refractivity contribution in [3.63, 3.8) is 0 Å². The van der Waals surface area contributed by atoms with E-state index in [4.69, 9.17) is 9.40 Å². The van der Waals surface area contributed by atoms with Gasteiger partial charge in [-0.15, -0.1) is 0 Å². The number of fused-ring (bicyclic) bond motifs is 12. The SMILES string of the molecule is C=C/C=C\c1cc(-c2nc3c4ccccc4ccc3c3c2ccc2ccccc23)c(/C=C\C=C)cc1/C1=C/C/C=C\C=C/Cc2c1oc1ccc3ccccc3c21. The fourth-order valence-electron chi connectivity index (χ4n) is 8.68. The molecular weight excluding hydrogens is 691 g/mol. The summed E-state index contributed by atoms with van der Waals surface area (Å²) in [6.07, 6.45) is 24.6. The molecule has 0 amide bonds. The summed E-state index contributed by atoms with van der Waals surface area (Å²) in [4.78, 5) is 5.63. The monoisotopic (exact) mass is 729 g/mol. The van der Waals surface area contributed by atoms with Crippen LogP contribution < -0.4 is 0 Å². The molecule has 0 radical (unpaired) electrons. The molecule has 0 unspecified atom stereocenters. The van der Waals surface area contributed by atoms with Crippen molar-refractivity contribution >= 4 is 82.7 Å². The minimum absolute atomic E-state index is 0.742. The average molecular weight is 730 g/mol. The Morgan fingerprint density at radius 1 is 0.561 bits per heavy atom. The first-order valence-corrected chi connectivity index (χ1v) is 19.6. The Morgan fingerprint density at radius 3 is 1.89 bits per heavy atom. The first kappa shape index (κ1) is 34.2.